The lowest BCUT2D eigenvalue weighted by molar-refractivity contribution is 0.246. The maximum atomic E-state index is 5.91. The van der Waals surface area contributed by atoms with Crippen molar-refractivity contribution >= 4 is 21.6 Å². The molecule has 0 aliphatic carbocycles. The smallest absolute Gasteiger partial charge is 0.123 e. The summed E-state index contributed by atoms with van der Waals surface area (Å²) in [5.41, 5.74) is 3.67. The van der Waals surface area contributed by atoms with E-state index in [1.807, 2.05) is 12.1 Å². The lowest BCUT2D eigenvalue weighted by Crippen LogP contribution is -2.23. The summed E-state index contributed by atoms with van der Waals surface area (Å²) in [6.07, 6.45) is 1.20. The molecule has 98 valence electrons. The summed E-state index contributed by atoms with van der Waals surface area (Å²) in [5, 5.41) is 3.43. The average molecular weight is 318 g/mol. The highest BCUT2D eigenvalue weighted by Crippen LogP contribution is 2.28. The number of nitrogens with one attached hydrogen (secondary N) is 1. The lowest BCUT2D eigenvalue weighted by Gasteiger charge is -2.13. The first-order chi connectivity index (χ1) is 9.22. The van der Waals surface area contributed by atoms with E-state index in [-0.39, 0.29) is 6.10 Å². The van der Waals surface area contributed by atoms with Gasteiger partial charge in [0.1, 0.15) is 11.9 Å². The zero-order valence-electron chi connectivity index (χ0n) is 10.8. The van der Waals surface area contributed by atoms with E-state index >= 15 is 0 Å². The number of fused-ring (bicyclic) bond motifs is 1. The van der Waals surface area contributed by atoms with E-state index in [1.54, 1.807) is 0 Å². The molecule has 1 aliphatic heterocycles. The molecule has 1 unspecified atom stereocenters. The molecule has 1 heterocycles. The topological polar surface area (TPSA) is 21.3 Å². The molecule has 0 amide bonds. The molecule has 0 radical (unpaired) electrons. The largest absolute Gasteiger partial charge is 0.488 e. The van der Waals surface area contributed by atoms with E-state index in [0.717, 1.165) is 28.9 Å². The van der Waals surface area contributed by atoms with E-state index in [9.17, 15) is 0 Å². The van der Waals surface area contributed by atoms with Crippen molar-refractivity contribution in [2.75, 3.05) is 11.9 Å². The first-order valence-corrected chi connectivity index (χ1v) is 7.26. The summed E-state index contributed by atoms with van der Waals surface area (Å²) in [7, 11) is 0. The summed E-state index contributed by atoms with van der Waals surface area (Å²) in [4.78, 5) is 0. The average Bonchev–Trinajstić information content (AvgIpc) is 2.83. The number of hydrogen-bond donors (Lipinski definition) is 1. The van der Waals surface area contributed by atoms with Crippen LogP contribution in [0.4, 0.5) is 5.69 Å². The van der Waals surface area contributed by atoms with Crippen molar-refractivity contribution in [1.29, 1.82) is 0 Å². The third-order valence-corrected chi connectivity index (χ3v) is 4.27. The fourth-order valence-corrected chi connectivity index (χ4v) is 2.68. The van der Waals surface area contributed by atoms with Crippen LogP contribution in [-0.2, 0) is 6.42 Å². The minimum absolute atomic E-state index is 0.220. The molecular weight excluding hydrogens is 302 g/mol. The molecule has 19 heavy (non-hydrogen) atoms. The Labute approximate surface area is 121 Å². The maximum absolute atomic E-state index is 5.91. The third-order valence-electron chi connectivity index (χ3n) is 3.42. The number of aryl methyl sites for hydroxylation is 1. The Kier molecular flexibility index (Phi) is 3.47. The zero-order valence-corrected chi connectivity index (χ0v) is 12.4. The number of para-hydroxylation sites is 1. The van der Waals surface area contributed by atoms with Crippen molar-refractivity contribution in [1.82, 2.24) is 0 Å². The van der Waals surface area contributed by atoms with E-state index < -0.39 is 0 Å². The second-order valence-electron chi connectivity index (χ2n) is 4.90. The predicted octanol–water partition coefficient (Wildman–Crippen LogP) is 4.17. The zero-order chi connectivity index (χ0) is 13.2. The Balaban J connectivity index is 1.61. The SMILES string of the molecule is Cc1ccc(NCC2Cc3ccccc3O2)cc1Br. The van der Waals surface area contributed by atoms with Gasteiger partial charge in [0, 0.05) is 16.6 Å². The minimum atomic E-state index is 0.220. The van der Waals surface area contributed by atoms with E-state index in [2.05, 4.69) is 58.5 Å². The van der Waals surface area contributed by atoms with Crippen LogP contribution in [0.5, 0.6) is 5.75 Å². The number of halogens is 1. The second kappa shape index (κ2) is 5.25. The summed E-state index contributed by atoms with van der Waals surface area (Å²) in [5.74, 6) is 1.03. The van der Waals surface area contributed by atoms with Gasteiger partial charge < -0.3 is 10.1 Å². The first kappa shape index (κ1) is 12.5. The van der Waals surface area contributed by atoms with Gasteiger partial charge in [-0.2, -0.15) is 0 Å². The van der Waals surface area contributed by atoms with Crippen LogP contribution in [0, 0.1) is 6.92 Å². The van der Waals surface area contributed by atoms with Crippen molar-refractivity contribution < 1.29 is 4.74 Å². The van der Waals surface area contributed by atoms with Crippen LogP contribution >= 0.6 is 15.9 Å². The maximum Gasteiger partial charge on any atom is 0.123 e. The molecule has 0 spiro atoms. The lowest BCUT2D eigenvalue weighted by atomic mass is 10.1. The third kappa shape index (κ3) is 2.76. The van der Waals surface area contributed by atoms with Crippen LogP contribution < -0.4 is 10.1 Å². The number of rotatable bonds is 3. The van der Waals surface area contributed by atoms with Crippen LogP contribution in [0.25, 0.3) is 0 Å². The van der Waals surface area contributed by atoms with Crippen LogP contribution in [0.1, 0.15) is 11.1 Å². The van der Waals surface area contributed by atoms with Gasteiger partial charge in [-0.05, 0) is 36.2 Å². The van der Waals surface area contributed by atoms with Gasteiger partial charge in [0.25, 0.3) is 0 Å². The van der Waals surface area contributed by atoms with Gasteiger partial charge in [-0.1, -0.05) is 40.2 Å². The van der Waals surface area contributed by atoms with Gasteiger partial charge in [-0.15, -0.1) is 0 Å². The monoisotopic (exact) mass is 317 g/mol. The molecule has 2 aromatic carbocycles. The number of hydrogen-bond acceptors (Lipinski definition) is 2. The van der Waals surface area contributed by atoms with Gasteiger partial charge in [0.15, 0.2) is 0 Å². The van der Waals surface area contributed by atoms with Crippen molar-refractivity contribution in [2.24, 2.45) is 0 Å². The predicted molar refractivity (Wildman–Crippen MR) is 81.9 cm³/mol. The Morgan fingerprint density at radius 2 is 2.11 bits per heavy atom. The van der Waals surface area contributed by atoms with E-state index in [0.29, 0.717) is 0 Å². The summed E-state index contributed by atoms with van der Waals surface area (Å²) in [6.45, 7) is 2.91. The standard InChI is InChI=1S/C16H16BrNO/c1-11-6-7-13(9-15(11)17)18-10-14-8-12-4-2-3-5-16(12)19-14/h2-7,9,14,18H,8,10H2,1H3. The molecule has 0 aromatic heterocycles. The van der Waals surface area contributed by atoms with Crippen LogP contribution in [0.2, 0.25) is 0 Å². The Morgan fingerprint density at radius 3 is 2.89 bits per heavy atom. The highest BCUT2D eigenvalue weighted by atomic mass is 79.9. The number of anilines is 1. The summed E-state index contributed by atoms with van der Waals surface area (Å²) in [6, 6.07) is 14.6. The van der Waals surface area contributed by atoms with E-state index in [4.69, 9.17) is 4.74 Å². The number of ether oxygens (including phenoxy) is 1. The molecule has 0 saturated heterocycles. The van der Waals surface area contributed by atoms with Crippen molar-refractivity contribution in [3.8, 4) is 5.75 Å². The first-order valence-electron chi connectivity index (χ1n) is 6.47. The molecule has 1 atom stereocenters. The molecule has 3 rings (SSSR count). The Bertz CT molecular complexity index is 572. The molecule has 1 aliphatic rings. The van der Waals surface area contributed by atoms with Crippen LogP contribution in [-0.4, -0.2) is 12.6 Å². The highest BCUT2D eigenvalue weighted by Gasteiger charge is 2.21. The molecular formula is C16H16BrNO. The van der Waals surface area contributed by atoms with Crippen molar-refractivity contribution in [2.45, 2.75) is 19.4 Å². The number of benzene rings is 2. The summed E-state index contributed by atoms with van der Waals surface area (Å²) < 4.78 is 7.04. The van der Waals surface area contributed by atoms with E-state index in [1.165, 1.54) is 11.1 Å². The van der Waals surface area contributed by atoms with Crippen molar-refractivity contribution in [3.63, 3.8) is 0 Å². The second-order valence-corrected chi connectivity index (χ2v) is 5.75. The molecule has 0 saturated carbocycles. The molecule has 2 nitrogen and oxygen atoms in total. The van der Waals surface area contributed by atoms with Gasteiger partial charge in [-0.3, -0.25) is 0 Å². The van der Waals surface area contributed by atoms with Crippen LogP contribution in [0.3, 0.4) is 0 Å². The fraction of sp³-hybridized carbons (Fsp3) is 0.250. The summed E-state index contributed by atoms with van der Waals surface area (Å²) >= 11 is 3.55. The normalized spacial score (nSPS) is 16.8. The van der Waals surface area contributed by atoms with Gasteiger partial charge in [0.2, 0.25) is 0 Å². The molecule has 1 N–H and O–H groups in total. The highest BCUT2D eigenvalue weighted by molar-refractivity contribution is 9.10. The van der Waals surface area contributed by atoms with Gasteiger partial charge in [-0.25, -0.2) is 0 Å². The molecule has 0 fully saturated rings. The molecule has 3 heteroatoms. The Morgan fingerprint density at radius 1 is 1.26 bits per heavy atom. The van der Waals surface area contributed by atoms with Gasteiger partial charge >= 0.3 is 0 Å². The van der Waals surface area contributed by atoms with Crippen molar-refractivity contribution in [3.05, 3.63) is 58.1 Å². The Hall–Kier alpha value is -1.48. The van der Waals surface area contributed by atoms with Crippen LogP contribution in [0.15, 0.2) is 46.9 Å². The fourth-order valence-electron chi connectivity index (χ4n) is 2.30. The minimum Gasteiger partial charge on any atom is -0.488 e. The molecule has 2 aromatic rings. The molecule has 0 bridgehead atoms. The quantitative estimate of drug-likeness (QED) is 0.917. The van der Waals surface area contributed by atoms with Gasteiger partial charge in [0.05, 0.1) is 6.54 Å².